The number of carbonyl (C=O) groups is 1. The Bertz CT molecular complexity index is 691. The summed E-state index contributed by atoms with van der Waals surface area (Å²) >= 11 is 6.16. The number of H-pyrrole nitrogens is 1. The second-order valence-corrected chi connectivity index (χ2v) is 6.32. The summed E-state index contributed by atoms with van der Waals surface area (Å²) < 4.78 is 1.50. The molecule has 0 bridgehead atoms. The van der Waals surface area contributed by atoms with Crippen molar-refractivity contribution in [3.63, 3.8) is 0 Å². The van der Waals surface area contributed by atoms with Crippen LogP contribution < -0.4 is 0 Å². The van der Waals surface area contributed by atoms with E-state index in [4.69, 9.17) is 12.2 Å². The highest BCUT2D eigenvalue weighted by Gasteiger charge is 2.17. The summed E-state index contributed by atoms with van der Waals surface area (Å²) in [6, 6.07) is 3.99. The predicted molar refractivity (Wildman–Crippen MR) is 93.2 cm³/mol. The smallest absolute Gasteiger partial charge is 0.260 e. The van der Waals surface area contributed by atoms with Crippen molar-refractivity contribution in [2.45, 2.75) is 19.9 Å². The third kappa shape index (κ3) is 3.51. The molecule has 0 fully saturated rings. The zero-order valence-electron chi connectivity index (χ0n) is 12.2. The lowest BCUT2D eigenvalue weighted by Gasteiger charge is -2.22. The first-order valence-electron chi connectivity index (χ1n) is 6.56. The molecule has 0 saturated carbocycles. The van der Waals surface area contributed by atoms with E-state index in [1.165, 1.54) is 16.5 Å². The molecule has 2 aromatic heterocycles. The first kappa shape index (κ1) is 15.7. The SMILES string of the molecule is CC(C)N(C)C(=O)/C(=C/c1c[nH]c2ncccc12)SC=S. The van der Waals surface area contributed by atoms with Crippen molar-refractivity contribution in [3.05, 3.63) is 35.0 Å². The van der Waals surface area contributed by atoms with Gasteiger partial charge in [0.2, 0.25) is 0 Å². The Morgan fingerprint density at radius 1 is 1.52 bits per heavy atom. The lowest BCUT2D eigenvalue weighted by atomic mass is 10.2. The number of aromatic amines is 1. The van der Waals surface area contributed by atoms with Crippen molar-refractivity contribution in [2.24, 2.45) is 0 Å². The van der Waals surface area contributed by atoms with Crippen LogP contribution >= 0.6 is 24.0 Å². The maximum absolute atomic E-state index is 12.5. The van der Waals surface area contributed by atoms with E-state index in [0.717, 1.165) is 16.6 Å². The van der Waals surface area contributed by atoms with Gasteiger partial charge < -0.3 is 9.88 Å². The molecular weight excluding hydrogens is 302 g/mol. The molecule has 2 aromatic rings. The number of hydrogen-bond acceptors (Lipinski definition) is 4. The summed E-state index contributed by atoms with van der Waals surface area (Å²) in [4.78, 5) is 22.1. The minimum Gasteiger partial charge on any atom is -0.346 e. The number of thioether (sulfide) groups is 1. The molecule has 0 atom stereocenters. The zero-order valence-corrected chi connectivity index (χ0v) is 13.8. The number of pyridine rings is 1. The van der Waals surface area contributed by atoms with Crippen LogP contribution in [0.4, 0.5) is 0 Å². The highest BCUT2D eigenvalue weighted by Crippen LogP contribution is 2.24. The van der Waals surface area contributed by atoms with Crippen LogP contribution in [0.15, 0.2) is 29.4 Å². The van der Waals surface area contributed by atoms with Gasteiger partial charge in [0.05, 0.1) is 4.91 Å². The van der Waals surface area contributed by atoms with Gasteiger partial charge in [-0.25, -0.2) is 4.98 Å². The molecule has 2 rings (SSSR count). The number of hydrogen-bond donors (Lipinski definition) is 1. The number of rotatable bonds is 5. The van der Waals surface area contributed by atoms with Gasteiger partial charge >= 0.3 is 0 Å². The molecule has 0 aliphatic heterocycles. The van der Waals surface area contributed by atoms with E-state index in [9.17, 15) is 4.79 Å². The van der Waals surface area contributed by atoms with E-state index in [1.807, 2.05) is 38.3 Å². The van der Waals surface area contributed by atoms with Crippen LogP contribution in [-0.4, -0.2) is 38.6 Å². The maximum Gasteiger partial charge on any atom is 0.260 e. The van der Waals surface area contributed by atoms with Gasteiger partial charge in [-0.2, -0.15) is 0 Å². The Kier molecular flexibility index (Phi) is 5.14. The molecule has 0 aliphatic rings. The highest BCUT2D eigenvalue weighted by molar-refractivity contribution is 8.24. The number of aromatic nitrogens is 2. The van der Waals surface area contributed by atoms with Crippen LogP contribution in [0.1, 0.15) is 19.4 Å². The number of likely N-dealkylation sites (N-methyl/N-ethyl adjacent to an activating group) is 1. The van der Waals surface area contributed by atoms with Gasteiger partial charge in [-0.1, -0.05) is 24.0 Å². The molecule has 0 spiro atoms. The number of fused-ring (bicyclic) bond motifs is 1. The van der Waals surface area contributed by atoms with Crippen LogP contribution in [0.5, 0.6) is 0 Å². The summed E-state index contributed by atoms with van der Waals surface area (Å²) in [5.74, 6) is -0.0330. The van der Waals surface area contributed by atoms with Gasteiger partial charge in [0.25, 0.3) is 5.91 Å². The third-order valence-corrected chi connectivity index (χ3v) is 4.18. The Morgan fingerprint density at radius 2 is 2.29 bits per heavy atom. The Hall–Kier alpha value is -1.66. The standard InChI is InChI=1S/C15H17N3OS2/c1-10(2)18(3)15(19)13(21-9-20)7-11-8-17-14-12(11)5-4-6-16-14/h4-10H,1-3H3,(H,16,17)/b13-7-. The van der Waals surface area contributed by atoms with Gasteiger partial charge in [-0.3, -0.25) is 4.79 Å². The van der Waals surface area contributed by atoms with Crippen LogP contribution in [0.3, 0.4) is 0 Å². The van der Waals surface area contributed by atoms with Crippen molar-refractivity contribution in [3.8, 4) is 0 Å². The summed E-state index contributed by atoms with van der Waals surface area (Å²) in [6.07, 6.45) is 5.44. The number of amides is 1. The highest BCUT2D eigenvalue weighted by atomic mass is 32.2. The van der Waals surface area contributed by atoms with Crippen molar-refractivity contribution < 1.29 is 4.79 Å². The van der Waals surface area contributed by atoms with Crippen molar-refractivity contribution in [2.75, 3.05) is 7.05 Å². The molecule has 6 heteroatoms. The quantitative estimate of drug-likeness (QED) is 0.677. The minimum atomic E-state index is -0.0330. The number of carbonyl (C=O) groups excluding carboxylic acids is 1. The molecule has 0 unspecified atom stereocenters. The number of thiocarbonyl (C=S) groups is 1. The summed E-state index contributed by atoms with van der Waals surface area (Å²) in [7, 11) is 1.79. The fraction of sp³-hybridized carbons (Fsp3) is 0.267. The average molecular weight is 319 g/mol. The second kappa shape index (κ2) is 6.87. The molecule has 0 aromatic carbocycles. The van der Waals surface area contributed by atoms with Crippen molar-refractivity contribution >= 4 is 51.7 Å². The summed E-state index contributed by atoms with van der Waals surface area (Å²) in [6.45, 7) is 3.96. The van der Waals surface area contributed by atoms with Crippen molar-refractivity contribution in [1.29, 1.82) is 0 Å². The fourth-order valence-electron chi connectivity index (χ4n) is 1.84. The molecule has 110 valence electrons. The van der Waals surface area contributed by atoms with Gasteiger partial charge in [0, 0.05) is 41.1 Å². The zero-order chi connectivity index (χ0) is 15.4. The normalized spacial score (nSPS) is 11.9. The first-order valence-corrected chi connectivity index (χ1v) is 7.91. The molecule has 2 heterocycles. The molecule has 1 N–H and O–H groups in total. The largest absolute Gasteiger partial charge is 0.346 e. The van der Waals surface area contributed by atoms with Crippen LogP contribution in [0, 0.1) is 0 Å². The molecule has 1 amide bonds. The van der Waals surface area contributed by atoms with Crippen LogP contribution in [0.25, 0.3) is 17.1 Å². The van der Waals surface area contributed by atoms with Gasteiger partial charge in [0.15, 0.2) is 0 Å². The van der Waals surface area contributed by atoms with E-state index < -0.39 is 0 Å². The lowest BCUT2D eigenvalue weighted by Crippen LogP contribution is -2.33. The average Bonchev–Trinajstić information content (AvgIpc) is 2.88. The molecule has 0 radical (unpaired) electrons. The number of nitrogens with zero attached hydrogens (tertiary/aromatic N) is 2. The van der Waals surface area contributed by atoms with E-state index in [-0.39, 0.29) is 11.9 Å². The molecule has 0 aliphatic carbocycles. The second-order valence-electron chi connectivity index (χ2n) is 4.88. The first-order chi connectivity index (χ1) is 10.0. The van der Waals surface area contributed by atoms with E-state index >= 15 is 0 Å². The minimum absolute atomic E-state index is 0.0330. The van der Waals surface area contributed by atoms with Crippen LogP contribution in [0.2, 0.25) is 0 Å². The topological polar surface area (TPSA) is 49.0 Å². The summed E-state index contributed by atoms with van der Waals surface area (Å²) in [5.41, 5.74) is 1.74. The number of nitrogens with one attached hydrogen (secondary N) is 1. The van der Waals surface area contributed by atoms with Gasteiger partial charge in [0.1, 0.15) is 5.65 Å². The molecule has 4 nitrogen and oxygen atoms in total. The van der Waals surface area contributed by atoms with Gasteiger partial charge in [-0.15, -0.1) is 0 Å². The molecule has 0 saturated heterocycles. The monoisotopic (exact) mass is 319 g/mol. The maximum atomic E-state index is 12.5. The lowest BCUT2D eigenvalue weighted by molar-refractivity contribution is -0.126. The Balaban J connectivity index is 2.42. The Labute approximate surface area is 133 Å². The van der Waals surface area contributed by atoms with Crippen molar-refractivity contribution in [1.82, 2.24) is 14.9 Å². The Morgan fingerprint density at radius 3 is 2.95 bits per heavy atom. The fourth-order valence-corrected chi connectivity index (χ4v) is 2.70. The predicted octanol–water partition coefficient (Wildman–Crippen LogP) is 3.46. The van der Waals surface area contributed by atoms with E-state index in [2.05, 4.69) is 9.97 Å². The van der Waals surface area contributed by atoms with Gasteiger partial charge in [-0.05, 0) is 32.1 Å². The van der Waals surface area contributed by atoms with E-state index in [0.29, 0.717) is 4.91 Å². The molecular formula is C15H17N3OS2. The van der Waals surface area contributed by atoms with Crippen LogP contribution in [-0.2, 0) is 4.79 Å². The third-order valence-electron chi connectivity index (χ3n) is 3.25. The molecule has 21 heavy (non-hydrogen) atoms. The summed E-state index contributed by atoms with van der Waals surface area (Å²) in [5, 5.41) is 0.986. The van der Waals surface area contributed by atoms with E-state index in [1.54, 1.807) is 18.1 Å².